The molecule has 1 saturated carbocycles. The van der Waals surface area contributed by atoms with E-state index in [9.17, 15) is 18.0 Å². The van der Waals surface area contributed by atoms with Crippen molar-refractivity contribution < 1.29 is 33.2 Å². The van der Waals surface area contributed by atoms with Gasteiger partial charge < -0.3 is 15.2 Å². The van der Waals surface area contributed by atoms with Crippen molar-refractivity contribution in [3.05, 3.63) is 70.7 Å². The Morgan fingerprint density at radius 2 is 1.81 bits per heavy atom. The number of nitrogens with zero attached hydrogens (tertiary/aromatic N) is 2. The summed E-state index contributed by atoms with van der Waals surface area (Å²) in [4.78, 5) is 31.1. The van der Waals surface area contributed by atoms with E-state index in [1.54, 1.807) is 11.3 Å². The standard InChI is InChI=1S/C23H22N4OS.C2HF3O2/c28-23(21(16-8-4-5-9-16)15-6-2-1-3-7-15)25-17-10-11-18-19(12-17)27-22(26-18)20-13-29-14-24-20;3-2(4,5)1(6)7/h1-3,6-7,10-14,16,21H,4-5,8-9H2,(H,25,28)(H,26,27);(H,6,7). The number of hydrogen-bond acceptors (Lipinski definition) is 6. The number of carboxylic acids is 1. The summed E-state index contributed by atoms with van der Waals surface area (Å²) in [5, 5.41) is 16.0. The van der Waals surface area contributed by atoms with Gasteiger partial charge in [-0.3, -0.25) is 10.1 Å². The molecule has 2 heterocycles. The van der Waals surface area contributed by atoms with E-state index in [1.807, 2.05) is 52.6 Å². The van der Waals surface area contributed by atoms with Crippen molar-refractivity contribution in [2.24, 2.45) is 10.9 Å². The number of amidine groups is 1. The first kappa shape index (κ1) is 25.5. The number of thiazole rings is 1. The number of carbonyl (C=O) groups is 2. The minimum absolute atomic E-state index is 0.0849. The maximum absolute atomic E-state index is 13.3. The fourth-order valence-electron chi connectivity index (χ4n) is 4.44. The number of anilines is 1. The molecule has 3 aromatic rings. The summed E-state index contributed by atoms with van der Waals surface area (Å²) in [6, 6.07) is 16.1. The minimum atomic E-state index is -5.19. The molecular weight excluding hydrogens is 493 g/mol. The lowest BCUT2D eigenvalue weighted by atomic mass is 9.84. The molecule has 1 aliphatic carbocycles. The molecule has 0 saturated heterocycles. The predicted octanol–water partition coefficient (Wildman–Crippen LogP) is 3.64. The Bertz CT molecular complexity index is 1240. The second-order valence-corrected chi connectivity index (χ2v) is 9.21. The number of hydrogen-bond donors (Lipinski definition) is 2. The van der Waals surface area contributed by atoms with Crippen molar-refractivity contribution >= 4 is 46.1 Å². The number of carbonyl (C=O) groups excluding carboxylic acids is 2. The molecule has 1 aromatic heterocycles. The number of halogens is 3. The third kappa shape index (κ3) is 6.16. The molecule has 3 N–H and O–H groups in total. The molecule has 2 aromatic carbocycles. The van der Waals surface area contributed by atoms with Gasteiger partial charge in [0.15, 0.2) is 11.4 Å². The number of carboxylic acid groups (broad SMARTS) is 1. The van der Waals surface area contributed by atoms with E-state index in [-0.39, 0.29) is 11.8 Å². The first-order valence-electron chi connectivity index (χ1n) is 11.3. The topological polar surface area (TPSA) is 111 Å². The zero-order chi connectivity index (χ0) is 25.7. The smallest absolute Gasteiger partial charge is 0.430 e. The Morgan fingerprint density at radius 1 is 1.11 bits per heavy atom. The molecule has 5 rings (SSSR count). The molecule has 0 radical (unpaired) electrons. The van der Waals surface area contributed by atoms with E-state index in [2.05, 4.69) is 27.4 Å². The molecule has 188 valence electrons. The molecule has 1 unspecified atom stereocenters. The number of nitrogens with two attached hydrogens (primary N) is 1. The van der Waals surface area contributed by atoms with Crippen LogP contribution in [0.15, 0.2) is 64.4 Å². The van der Waals surface area contributed by atoms with E-state index in [0.717, 1.165) is 47.0 Å². The van der Waals surface area contributed by atoms with Crippen LogP contribution in [0.25, 0.3) is 0 Å². The van der Waals surface area contributed by atoms with Crippen LogP contribution in [0.5, 0.6) is 0 Å². The van der Waals surface area contributed by atoms with Crippen molar-refractivity contribution in [1.82, 2.24) is 4.98 Å². The zero-order valence-corrected chi connectivity index (χ0v) is 19.8. The highest BCUT2D eigenvalue weighted by Crippen LogP contribution is 2.38. The van der Waals surface area contributed by atoms with Gasteiger partial charge in [0.05, 0.1) is 11.4 Å². The fourth-order valence-corrected chi connectivity index (χ4v) is 4.98. The van der Waals surface area contributed by atoms with Gasteiger partial charge in [-0.25, -0.2) is 4.98 Å². The summed E-state index contributed by atoms with van der Waals surface area (Å²) in [6.45, 7) is 0. The van der Waals surface area contributed by atoms with Crippen molar-refractivity contribution in [2.75, 3.05) is 5.32 Å². The van der Waals surface area contributed by atoms with Crippen molar-refractivity contribution in [1.29, 1.82) is 0 Å². The van der Waals surface area contributed by atoms with Gasteiger partial charge >= 0.3 is 6.18 Å². The number of aliphatic imine (C=N–C) groups is 1. The molecule has 1 amide bonds. The Morgan fingerprint density at radius 3 is 2.42 bits per heavy atom. The van der Waals surface area contributed by atoms with E-state index in [4.69, 9.17) is 9.90 Å². The van der Waals surface area contributed by atoms with Gasteiger partial charge in [0, 0.05) is 17.1 Å². The molecule has 2 aliphatic rings. The van der Waals surface area contributed by atoms with Gasteiger partial charge in [-0.2, -0.15) is 18.2 Å². The number of rotatable bonds is 5. The largest absolute Gasteiger partial charge is 0.542 e. The van der Waals surface area contributed by atoms with Crippen LogP contribution in [0.3, 0.4) is 0 Å². The molecular formula is C25H23F3N4O3S. The van der Waals surface area contributed by atoms with E-state index in [0.29, 0.717) is 5.92 Å². The van der Waals surface area contributed by atoms with Gasteiger partial charge in [0.1, 0.15) is 11.7 Å². The molecule has 1 atom stereocenters. The monoisotopic (exact) mass is 516 g/mol. The predicted molar refractivity (Wildman–Crippen MR) is 127 cm³/mol. The number of fused-ring (bicyclic) bond motifs is 1. The van der Waals surface area contributed by atoms with Crippen LogP contribution in [0.4, 0.5) is 30.2 Å². The summed E-state index contributed by atoms with van der Waals surface area (Å²) < 4.78 is 31.5. The number of aliphatic carboxylic acids is 1. The van der Waals surface area contributed by atoms with Crippen molar-refractivity contribution in [3.63, 3.8) is 0 Å². The number of aromatic nitrogens is 1. The molecule has 7 nitrogen and oxygen atoms in total. The second kappa shape index (κ2) is 11.0. The quantitative estimate of drug-likeness (QED) is 0.505. The van der Waals surface area contributed by atoms with Crippen LogP contribution in [0.1, 0.15) is 42.9 Å². The van der Waals surface area contributed by atoms with Gasteiger partial charge in [-0.15, -0.1) is 11.3 Å². The summed E-state index contributed by atoms with van der Waals surface area (Å²) in [6.07, 6.45) is -0.525. The lowest BCUT2D eigenvalue weighted by Crippen LogP contribution is -2.80. The highest BCUT2D eigenvalue weighted by atomic mass is 32.1. The number of alkyl halides is 3. The first-order valence-corrected chi connectivity index (χ1v) is 12.3. The van der Waals surface area contributed by atoms with Gasteiger partial charge in [0.25, 0.3) is 5.84 Å². The first-order chi connectivity index (χ1) is 17.2. The van der Waals surface area contributed by atoms with Crippen LogP contribution in [-0.2, 0) is 9.59 Å². The lowest BCUT2D eigenvalue weighted by molar-refractivity contribution is -0.437. The highest BCUT2D eigenvalue weighted by Gasteiger charge is 2.32. The summed E-state index contributed by atoms with van der Waals surface area (Å²) >= 11 is 1.56. The van der Waals surface area contributed by atoms with Crippen LogP contribution in [0, 0.1) is 5.92 Å². The molecule has 11 heteroatoms. The lowest BCUT2D eigenvalue weighted by Gasteiger charge is -2.23. The molecule has 0 bridgehead atoms. The molecule has 36 heavy (non-hydrogen) atoms. The van der Waals surface area contributed by atoms with Crippen LogP contribution in [0.2, 0.25) is 0 Å². The summed E-state index contributed by atoms with van der Waals surface area (Å²) in [5.41, 5.74) is 6.57. The van der Waals surface area contributed by atoms with Crippen molar-refractivity contribution in [3.8, 4) is 0 Å². The van der Waals surface area contributed by atoms with Crippen molar-refractivity contribution in [2.45, 2.75) is 37.8 Å². The van der Waals surface area contributed by atoms with Crippen LogP contribution >= 0.6 is 11.3 Å². The van der Waals surface area contributed by atoms with Gasteiger partial charge in [-0.05, 0) is 36.5 Å². The van der Waals surface area contributed by atoms with Crippen LogP contribution < -0.4 is 15.7 Å². The average molecular weight is 517 g/mol. The Hall–Kier alpha value is -3.57. The highest BCUT2D eigenvalue weighted by molar-refractivity contribution is 7.07. The third-order valence-electron chi connectivity index (χ3n) is 6.07. The van der Waals surface area contributed by atoms with E-state index in [1.165, 1.54) is 12.8 Å². The second-order valence-electron chi connectivity index (χ2n) is 8.50. The Labute approximate surface area is 209 Å². The zero-order valence-electron chi connectivity index (χ0n) is 19.0. The average Bonchev–Trinajstić information content (AvgIpc) is 3.61. The molecule has 1 fully saturated rings. The van der Waals surface area contributed by atoms with E-state index >= 15 is 0 Å². The third-order valence-corrected chi connectivity index (χ3v) is 6.65. The summed E-state index contributed by atoms with van der Waals surface area (Å²) in [7, 11) is 0. The Balaban J connectivity index is 0.000000384. The van der Waals surface area contributed by atoms with Gasteiger partial charge in [0.2, 0.25) is 5.91 Å². The minimum Gasteiger partial charge on any atom is -0.542 e. The SMILES string of the molecule is O=C(Nc1ccc2c(c1)[NH2+]C(c1cscn1)=N2)C(c1ccccc1)C1CCCC1.O=C([O-])C(F)(F)F. The fraction of sp³-hybridized carbons (Fsp3) is 0.280. The van der Waals surface area contributed by atoms with Crippen LogP contribution in [-0.4, -0.2) is 28.9 Å². The Kier molecular flexibility index (Phi) is 7.80. The maximum atomic E-state index is 13.3. The molecule has 1 aliphatic heterocycles. The number of amides is 1. The number of quaternary nitrogens is 1. The number of nitrogens with one attached hydrogen (secondary N) is 1. The van der Waals surface area contributed by atoms with Gasteiger partial charge in [-0.1, -0.05) is 43.2 Å². The van der Waals surface area contributed by atoms with E-state index < -0.39 is 12.1 Å². The molecule has 0 spiro atoms. The number of benzene rings is 2. The normalized spacial score (nSPS) is 15.9. The maximum Gasteiger partial charge on any atom is 0.430 e. The summed E-state index contributed by atoms with van der Waals surface area (Å²) in [5.74, 6) is -1.73.